The fourth-order valence-corrected chi connectivity index (χ4v) is 1.77. The van der Waals surface area contributed by atoms with Gasteiger partial charge in [0.05, 0.1) is 6.10 Å². The van der Waals surface area contributed by atoms with Crippen molar-refractivity contribution in [2.24, 2.45) is 5.73 Å². The first-order valence-electron chi connectivity index (χ1n) is 7.15. The van der Waals surface area contributed by atoms with Crippen LogP contribution in [-0.2, 0) is 14.3 Å². The molecule has 120 valence electrons. The molecule has 0 rings (SSSR count). The van der Waals surface area contributed by atoms with Crippen LogP contribution in [0, 0.1) is 0 Å². The van der Waals surface area contributed by atoms with Crippen molar-refractivity contribution in [1.29, 1.82) is 0 Å². The zero-order valence-electron chi connectivity index (χ0n) is 12.1. The predicted molar refractivity (Wildman–Crippen MR) is 80.5 cm³/mol. The van der Waals surface area contributed by atoms with Crippen molar-refractivity contribution >= 4 is 11.9 Å². The van der Waals surface area contributed by atoms with Crippen LogP contribution >= 0.6 is 0 Å². The van der Waals surface area contributed by atoms with E-state index in [0.717, 1.165) is 12.8 Å². The van der Waals surface area contributed by atoms with E-state index in [9.17, 15) is 9.59 Å². The van der Waals surface area contributed by atoms with Crippen molar-refractivity contribution < 1.29 is 19.4 Å². The summed E-state index contributed by atoms with van der Waals surface area (Å²) in [5.74, 6) is -1.45. The molecule has 0 heterocycles. The number of hydrogen-bond acceptors (Lipinski definition) is 4. The van der Waals surface area contributed by atoms with Crippen molar-refractivity contribution in [3.8, 4) is 0 Å². The lowest BCUT2D eigenvalue weighted by molar-refractivity contribution is -0.149. The second kappa shape index (κ2) is 12.9. The molecule has 1 unspecified atom stereocenters. The Bertz CT molecular complexity index is 269. The molecule has 0 aliphatic rings. The van der Waals surface area contributed by atoms with E-state index in [4.69, 9.17) is 15.6 Å². The molecule has 0 saturated carbocycles. The maximum atomic E-state index is 11.4. The molecule has 0 aliphatic heterocycles. The van der Waals surface area contributed by atoms with Gasteiger partial charge in [0.2, 0.25) is 0 Å². The standard InChI is InChI=1S/C14H27NO4.CH4/c1-3-4-5-6-7-8-11(2)19-13(16)10-9-12(15)14(17)18;/h11-12H,3-10,15H2,1-2H3,(H,17,18);1H4/t11?,12-;/m0./s1. The summed E-state index contributed by atoms with van der Waals surface area (Å²) in [6.45, 7) is 4.04. The summed E-state index contributed by atoms with van der Waals surface area (Å²) in [5, 5.41) is 8.59. The maximum Gasteiger partial charge on any atom is 0.320 e. The zero-order valence-corrected chi connectivity index (χ0v) is 12.1. The molecule has 0 spiro atoms. The highest BCUT2D eigenvalue weighted by molar-refractivity contribution is 5.75. The van der Waals surface area contributed by atoms with Crippen LogP contribution in [0.25, 0.3) is 0 Å². The number of ether oxygens (including phenoxy) is 1. The second-order valence-electron chi connectivity index (χ2n) is 4.99. The number of esters is 1. The number of hydrogen-bond donors (Lipinski definition) is 2. The van der Waals surface area contributed by atoms with Crippen LogP contribution in [0.5, 0.6) is 0 Å². The Morgan fingerprint density at radius 2 is 1.75 bits per heavy atom. The number of nitrogens with two attached hydrogens (primary N) is 1. The van der Waals surface area contributed by atoms with Crippen molar-refractivity contribution in [3.63, 3.8) is 0 Å². The molecule has 5 nitrogen and oxygen atoms in total. The molecule has 0 radical (unpaired) electrons. The summed E-state index contributed by atoms with van der Waals surface area (Å²) in [4.78, 5) is 21.9. The van der Waals surface area contributed by atoms with E-state index in [-0.39, 0.29) is 32.3 Å². The van der Waals surface area contributed by atoms with Gasteiger partial charge in [-0.05, 0) is 26.2 Å². The molecule has 5 heteroatoms. The summed E-state index contributed by atoms with van der Waals surface area (Å²) < 4.78 is 5.20. The molecule has 0 bridgehead atoms. The van der Waals surface area contributed by atoms with Gasteiger partial charge >= 0.3 is 11.9 Å². The Morgan fingerprint density at radius 3 is 2.30 bits per heavy atom. The summed E-state index contributed by atoms with van der Waals surface area (Å²) in [6, 6.07) is -0.989. The van der Waals surface area contributed by atoms with E-state index in [0.29, 0.717) is 0 Å². The van der Waals surface area contributed by atoms with Crippen LogP contribution in [0.2, 0.25) is 0 Å². The molecule has 3 N–H and O–H groups in total. The fourth-order valence-electron chi connectivity index (χ4n) is 1.77. The van der Waals surface area contributed by atoms with E-state index in [1.54, 1.807) is 0 Å². The molecule has 0 aromatic carbocycles. The Kier molecular flexibility index (Phi) is 13.7. The lowest BCUT2D eigenvalue weighted by Gasteiger charge is -2.13. The Hall–Kier alpha value is -1.10. The van der Waals surface area contributed by atoms with Gasteiger partial charge in [-0.25, -0.2) is 0 Å². The van der Waals surface area contributed by atoms with Crippen LogP contribution in [0.15, 0.2) is 0 Å². The highest BCUT2D eigenvalue weighted by atomic mass is 16.5. The summed E-state index contributed by atoms with van der Waals surface area (Å²) in [5.41, 5.74) is 5.31. The first-order chi connectivity index (χ1) is 8.97. The lowest BCUT2D eigenvalue weighted by atomic mass is 10.1. The van der Waals surface area contributed by atoms with E-state index in [1.807, 2.05) is 6.92 Å². The quantitative estimate of drug-likeness (QED) is 0.450. The monoisotopic (exact) mass is 289 g/mol. The van der Waals surface area contributed by atoms with E-state index >= 15 is 0 Å². The van der Waals surface area contributed by atoms with Crippen LogP contribution in [0.3, 0.4) is 0 Å². The third kappa shape index (κ3) is 12.0. The van der Waals surface area contributed by atoms with E-state index < -0.39 is 12.0 Å². The number of carbonyl (C=O) groups excluding carboxylic acids is 1. The number of carboxylic acids is 1. The minimum Gasteiger partial charge on any atom is -0.480 e. The summed E-state index contributed by atoms with van der Waals surface area (Å²) in [6.07, 6.45) is 6.87. The molecule has 0 aliphatic carbocycles. The lowest BCUT2D eigenvalue weighted by Crippen LogP contribution is -2.31. The summed E-state index contributed by atoms with van der Waals surface area (Å²) in [7, 11) is 0. The normalized spacial score (nSPS) is 13.2. The first-order valence-corrected chi connectivity index (χ1v) is 7.15. The molecule has 0 amide bonds. The van der Waals surface area contributed by atoms with Gasteiger partial charge in [0, 0.05) is 6.42 Å². The Balaban J connectivity index is 0. The third-order valence-electron chi connectivity index (χ3n) is 3.02. The van der Waals surface area contributed by atoms with Gasteiger partial charge in [-0.1, -0.05) is 40.0 Å². The van der Waals surface area contributed by atoms with Crippen molar-refractivity contribution in [3.05, 3.63) is 0 Å². The highest BCUT2D eigenvalue weighted by Gasteiger charge is 2.15. The average Bonchev–Trinajstić information content (AvgIpc) is 2.35. The van der Waals surface area contributed by atoms with Gasteiger partial charge < -0.3 is 15.6 Å². The highest BCUT2D eigenvalue weighted by Crippen LogP contribution is 2.10. The smallest absolute Gasteiger partial charge is 0.320 e. The van der Waals surface area contributed by atoms with Crippen molar-refractivity contribution in [2.75, 3.05) is 0 Å². The number of rotatable bonds is 11. The molecule has 0 fully saturated rings. The van der Waals surface area contributed by atoms with Gasteiger partial charge in [0.25, 0.3) is 0 Å². The largest absolute Gasteiger partial charge is 0.480 e. The van der Waals surface area contributed by atoms with Gasteiger partial charge in [0.15, 0.2) is 0 Å². The molecular weight excluding hydrogens is 258 g/mol. The average molecular weight is 289 g/mol. The molecule has 20 heavy (non-hydrogen) atoms. The number of carboxylic acid groups (broad SMARTS) is 1. The molecular formula is C15H31NO4. The second-order valence-corrected chi connectivity index (χ2v) is 4.99. The zero-order chi connectivity index (χ0) is 14.7. The topological polar surface area (TPSA) is 89.6 Å². The van der Waals surface area contributed by atoms with Gasteiger partial charge in [-0.2, -0.15) is 0 Å². The van der Waals surface area contributed by atoms with E-state index in [1.165, 1.54) is 25.7 Å². The van der Waals surface area contributed by atoms with Gasteiger partial charge in [-0.3, -0.25) is 9.59 Å². The van der Waals surface area contributed by atoms with Crippen LogP contribution in [0.4, 0.5) is 0 Å². The van der Waals surface area contributed by atoms with Crippen molar-refractivity contribution in [1.82, 2.24) is 0 Å². The van der Waals surface area contributed by atoms with Crippen LogP contribution < -0.4 is 5.73 Å². The Labute approximate surface area is 122 Å². The first kappa shape index (κ1) is 21.2. The Morgan fingerprint density at radius 1 is 1.15 bits per heavy atom. The number of aliphatic carboxylic acids is 1. The number of unbranched alkanes of at least 4 members (excludes halogenated alkanes) is 4. The van der Waals surface area contributed by atoms with Crippen LogP contribution in [-0.4, -0.2) is 29.2 Å². The van der Waals surface area contributed by atoms with Gasteiger partial charge in [0.1, 0.15) is 6.04 Å². The van der Waals surface area contributed by atoms with Gasteiger partial charge in [-0.15, -0.1) is 0 Å². The van der Waals surface area contributed by atoms with Crippen LogP contribution in [0.1, 0.15) is 72.6 Å². The fraction of sp³-hybridized carbons (Fsp3) is 0.867. The summed E-state index contributed by atoms with van der Waals surface area (Å²) >= 11 is 0. The third-order valence-corrected chi connectivity index (χ3v) is 3.02. The van der Waals surface area contributed by atoms with E-state index in [2.05, 4.69) is 6.92 Å². The molecule has 0 saturated heterocycles. The molecule has 2 atom stereocenters. The number of carbonyl (C=O) groups is 2. The minimum atomic E-state index is -1.09. The maximum absolute atomic E-state index is 11.4. The SMILES string of the molecule is C.CCCCCCCC(C)OC(=O)CC[C@H](N)C(=O)O. The minimum absolute atomic E-state index is 0. The predicted octanol–water partition coefficient (Wildman–Crippen LogP) is 3.11. The van der Waals surface area contributed by atoms with Crippen molar-refractivity contribution in [2.45, 2.75) is 84.8 Å². The molecule has 0 aromatic heterocycles. The molecule has 0 aromatic rings.